The molecule has 1 nitrogen and oxygen atoms in total. The lowest BCUT2D eigenvalue weighted by molar-refractivity contribution is 0.276. The van der Waals surface area contributed by atoms with E-state index in [-0.39, 0.29) is 4.45 Å². The lowest BCUT2D eigenvalue weighted by Gasteiger charge is -1.87. The van der Waals surface area contributed by atoms with Crippen LogP contribution in [0.4, 0.5) is 4.79 Å². The number of carbonyl (C=O) groups is 1. The van der Waals surface area contributed by atoms with Crippen LogP contribution in [0.15, 0.2) is 12.7 Å². The zero-order valence-corrected chi connectivity index (χ0v) is 6.35. The molecule has 0 aliphatic carbocycles. The summed E-state index contributed by atoms with van der Waals surface area (Å²) in [6, 6.07) is 0. The van der Waals surface area contributed by atoms with Crippen molar-refractivity contribution < 1.29 is 4.79 Å². The van der Waals surface area contributed by atoms with Gasteiger partial charge < -0.3 is 0 Å². The molecule has 0 atom stereocenters. The fourth-order valence-electron chi connectivity index (χ4n) is 0.186. The molecule has 0 saturated carbocycles. The second kappa shape index (κ2) is 5.25. The number of hydrogen-bond acceptors (Lipinski definition) is 3. The van der Waals surface area contributed by atoms with Gasteiger partial charge >= 0.3 is 0 Å². The van der Waals surface area contributed by atoms with E-state index in [1.807, 2.05) is 0 Å². The summed E-state index contributed by atoms with van der Waals surface area (Å²) < 4.78 is 0.157. The largest absolute Gasteiger partial charge is 0.274 e. The van der Waals surface area contributed by atoms with Crippen LogP contribution in [0.2, 0.25) is 0 Å². The molecule has 0 spiro atoms. The normalized spacial score (nSPS) is 8.62. The van der Waals surface area contributed by atoms with E-state index >= 15 is 0 Å². The van der Waals surface area contributed by atoms with E-state index in [1.165, 1.54) is 23.5 Å². The maximum absolute atomic E-state index is 10.4. The smallest absolute Gasteiger partial charge is 0.246 e. The minimum atomic E-state index is 0.157. The summed E-state index contributed by atoms with van der Waals surface area (Å²) in [4.78, 5) is 10.4. The third-order valence-corrected chi connectivity index (χ3v) is 2.31. The first-order valence-electron chi connectivity index (χ1n) is 2.13. The molecule has 0 unspecified atom stereocenters. The van der Waals surface area contributed by atoms with Crippen LogP contribution in [-0.4, -0.2) is 16.5 Å². The molecule has 0 rings (SSSR count). The molecule has 0 heterocycles. The molecule has 3 heteroatoms. The van der Waals surface area contributed by atoms with E-state index in [2.05, 4.69) is 6.58 Å². The molecule has 0 aliphatic rings. The SMILES string of the molecule is C=CCSC(=O)SC. The highest BCUT2D eigenvalue weighted by Crippen LogP contribution is 2.12. The van der Waals surface area contributed by atoms with Crippen molar-refractivity contribution in [1.29, 1.82) is 0 Å². The Kier molecular flexibility index (Phi) is 5.32. The Bertz CT molecular complexity index is 90.4. The predicted molar refractivity (Wildman–Crippen MR) is 41.6 cm³/mol. The van der Waals surface area contributed by atoms with Crippen molar-refractivity contribution in [3.05, 3.63) is 12.7 Å². The molecule has 0 aromatic heterocycles. The van der Waals surface area contributed by atoms with Gasteiger partial charge in [-0.05, 0) is 6.26 Å². The number of hydrogen-bond donors (Lipinski definition) is 0. The molecule has 8 heavy (non-hydrogen) atoms. The molecule has 46 valence electrons. The van der Waals surface area contributed by atoms with Gasteiger partial charge in [-0.2, -0.15) is 0 Å². The van der Waals surface area contributed by atoms with Crippen molar-refractivity contribution in [3.8, 4) is 0 Å². The summed E-state index contributed by atoms with van der Waals surface area (Å²) in [5.41, 5.74) is 0. The molecule has 0 fully saturated rings. The average molecular weight is 148 g/mol. The van der Waals surface area contributed by atoms with Crippen molar-refractivity contribution in [2.24, 2.45) is 0 Å². The Labute approximate surface area is 57.9 Å². The Hall–Kier alpha value is 0.110. The Morgan fingerprint density at radius 2 is 2.50 bits per heavy atom. The van der Waals surface area contributed by atoms with Crippen LogP contribution in [0.5, 0.6) is 0 Å². The van der Waals surface area contributed by atoms with Crippen LogP contribution in [0, 0.1) is 0 Å². The molecule has 0 aromatic rings. The molecule has 0 radical (unpaired) electrons. The summed E-state index contributed by atoms with van der Waals surface area (Å²) in [6.07, 6.45) is 3.50. The number of carbonyl (C=O) groups excluding carboxylic acids is 1. The maximum atomic E-state index is 10.4. The van der Waals surface area contributed by atoms with Crippen molar-refractivity contribution in [2.75, 3.05) is 12.0 Å². The predicted octanol–water partition coefficient (Wildman–Crippen LogP) is 2.39. The lowest BCUT2D eigenvalue weighted by Crippen LogP contribution is -1.77. The highest BCUT2D eigenvalue weighted by molar-refractivity contribution is 8.38. The monoisotopic (exact) mass is 148 g/mol. The third kappa shape index (κ3) is 4.27. The average Bonchev–Trinajstić information content (AvgIpc) is 1.83. The topological polar surface area (TPSA) is 17.1 Å². The van der Waals surface area contributed by atoms with Crippen molar-refractivity contribution in [1.82, 2.24) is 0 Å². The zero-order valence-electron chi connectivity index (χ0n) is 4.72. The van der Waals surface area contributed by atoms with E-state index in [4.69, 9.17) is 0 Å². The Morgan fingerprint density at radius 1 is 1.88 bits per heavy atom. The van der Waals surface area contributed by atoms with Crippen LogP contribution in [0.25, 0.3) is 0 Å². The van der Waals surface area contributed by atoms with Crippen LogP contribution < -0.4 is 0 Å². The molecule has 0 aliphatic heterocycles. The minimum Gasteiger partial charge on any atom is -0.274 e. The molecular formula is C5H8OS2. The van der Waals surface area contributed by atoms with E-state index in [1.54, 1.807) is 12.3 Å². The zero-order chi connectivity index (χ0) is 6.41. The van der Waals surface area contributed by atoms with Crippen molar-refractivity contribution >= 4 is 28.0 Å². The highest BCUT2D eigenvalue weighted by Gasteiger charge is 1.94. The van der Waals surface area contributed by atoms with Crippen molar-refractivity contribution in [2.45, 2.75) is 0 Å². The molecule has 0 N–H and O–H groups in total. The van der Waals surface area contributed by atoms with Gasteiger partial charge in [-0.3, -0.25) is 4.79 Å². The van der Waals surface area contributed by atoms with Crippen molar-refractivity contribution in [3.63, 3.8) is 0 Å². The second-order valence-electron chi connectivity index (χ2n) is 1.05. The van der Waals surface area contributed by atoms with Crippen LogP contribution >= 0.6 is 23.5 Å². The van der Waals surface area contributed by atoms with Gasteiger partial charge in [-0.15, -0.1) is 6.58 Å². The van der Waals surface area contributed by atoms with Gasteiger partial charge in [-0.25, -0.2) is 0 Å². The number of thioether (sulfide) groups is 2. The summed E-state index contributed by atoms with van der Waals surface area (Å²) in [5, 5.41) is 0. The van der Waals surface area contributed by atoms with Gasteiger partial charge in [0.25, 0.3) is 0 Å². The summed E-state index contributed by atoms with van der Waals surface area (Å²) in [6.45, 7) is 3.48. The van der Waals surface area contributed by atoms with E-state index in [9.17, 15) is 4.79 Å². The summed E-state index contributed by atoms with van der Waals surface area (Å²) in [7, 11) is 0. The molecule has 0 aromatic carbocycles. The van der Waals surface area contributed by atoms with E-state index in [0.717, 1.165) is 5.75 Å². The molecular weight excluding hydrogens is 140 g/mol. The first-order chi connectivity index (χ1) is 3.81. The van der Waals surface area contributed by atoms with E-state index < -0.39 is 0 Å². The minimum absolute atomic E-state index is 0.157. The van der Waals surface area contributed by atoms with Gasteiger partial charge in [0.1, 0.15) is 0 Å². The number of rotatable bonds is 2. The fraction of sp³-hybridized carbons (Fsp3) is 0.400. The van der Waals surface area contributed by atoms with E-state index in [0.29, 0.717) is 0 Å². The van der Waals surface area contributed by atoms with Crippen LogP contribution in [-0.2, 0) is 0 Å². The standard InChI is InChI=1S/C5H8OS2/c1-3-4-8-5(6)7-2/h3H,1,4H2,2H3. The molecule has 0 bridgehead atoms. The van der Waals surface area contributed by atoms with Gasteiger partial charge in [0.15, 0.2) is 0 Å². The fourth-order valence-corrected chi connectivity index (χ4v) is 1.12. The summed E-state index contributed by atoms with van der Waals surface area (Å²) in [5.74, 6) is 0.722. The van der Waals surface area contributed by atoms with Gasteiger partial charge in [0.05, 0.1) is 0 Å². The maximum Gasteiger partial charge on any atom is 0.246 e. The van der Waals surface area contributed by atoms with Gasteiger partial charge in [-0.1, -0.05) is 29.6 Å². The van der Waals surface area contributed by atoms with Crippen LogP contribution in [0.1, 0.15) is 0 Å². The quantitative estimate of drug-likeness (QED) is 0.560. The third-order valence-electron chi connectivity index (χ3n) is 0.486. The lowest BCUT2D eigenvalue weighted by atomic mass is 10.8. The Balaban J connectivity index is 3.11. The summed E-state index contributed by atoms with van der Waals surface area (Å²) >= 11 is 2.52. The van der Waals surface area contributed by atoms with Gasteiger partial charge in [0, 0.05) is 5.75 Å². The first kappa shape index (κ1) is 8.11. The molecule has 0 amide bonds. The first-order valence-corrected chi connectivity index (χ1v) is 4.34. The van der Waals surface area contributed by atoms with Crippen LogP contribution in [0.3, 0.4) is 0 Å². The second-order valence-corrected chi connectivity index (χ2v) is 3.08. The Morgan fingerprint density at radius 3 is 2.88 bits per heavy atom. The van der Waals surface area contributed by atoms with Gasteiger partial charge in [0.2, 0.25) is 4.45 Å². The molecule has 0 saturated heterocycles. The highest BCUT2D eigenvalue weighted by atomic mass is 32.2.